The normalized spacial score (nSPS) is 15.2. The molecule has 0 unspecified atom stereocenters. The summed E-state index contributed by atoms with van der Waals surface area (Å²) in [6.07, 6.45) is 1.33. The molecule has 1 aliphatic rings. The lowest BCUT2D eigenvalue weighted by Gasteiger charge is -2.30. The molecule has 1 aromatic heterocycles. The number of hydrogen-bond donors (Lipinski definition) is 1. The Morgan fingerprint density at radius 1 is 1.09 bits per heavy atom. The molecule has 1 saturated heterocycles. The molecule has 1 fully saturated rings. The number of nitrogens with one attached hydrogen (secondary N) is 1. The zero-order chi connectivity index (χ0) is 23.0. The summed E-state index contributed by atoms with van der Waals surface area (Å²) in [5, 5.41) is 13.6. The number of amides is 2. The van der Waals surface area contributed by atoms with Crippen LogP contribution in [0.5, 0.6) is 0 Å². The van der Waals surface area contributed by atoms with Gasteiger partial charge >= 0.3 is 0 Å². The van der Waals surface area contributed by atoms with Crippen molar-refractivity contribution in [2.24, 2.45) is 0 Å². The molecule has 0 aliphatic carbocycles. The number of benzene rings is 2. The molecule has 2 heterocycles. The Morgan fingerprint density at radius 2 is 1.84 bits per heavy atom. The van der Waals surface area contributed by atoms with Crippen LogP contribution in [0, 0.1) is 24.0 Å². The first-order chi connectivity index (χ1) is 15.3. The lowest BCUT2D eigenvalue weighted by molar-refractivity contribution is -0.384. The number of anilines is 1. The number of nitro benzene ring substituents is 1. The van der Waals surface area contributed by atoms with E-state index in [9.17, 15) is 19.7 Å². The maximum atomic E-state index is 13.2. The maximum absolute atomic E-state index is 13.2. The highest BCUT2D eigenvalue weighted by atomic mass is 32.1. The van der Waals surface area contributed by atoms with E-state index < -0.39 is 16.7 Å². The lowest BCUT2D eigenvalue weighted by Crippen LogP contribution is -2.54. The van der Waals surface area contributed by atoms with Crippen LogP contribution in [-0.2, 0) is 9.59 Å². The Bertz CT molecular complexity index is 1320. The quantitative estimate of drug-likeness (QED) is 0.210. The summed E-state index contributed by atoms with van der Waals surface area (Å²) < 4.78 is 5.73. The van der Waals surface area contributed by atoms with Gasteiger partial charge in [-0.3, -0.25) is 29.9 Å². The van der Waals surface area contributed by atoms with Crippen LogP contribution >= 0.6 is 12.2 Å². The third kappa shape index (κ3) is 3.81. The molecule has 1 N–H and O–H groups in total. The second kappa shape index (κ2) is 8.20. The zero-order valence-corrected chi connectivity index (χ0v) is 17.9. The Morgan fingerprint density at radius 3 is 2.59 bits per heavy atom. The number of non-ortho nitro benzene ring substituents is 1. The van der Waals surface area contributed by atoms with Gasteiger partial charge in [0.2, 0.25) is 0 Å². The van der Waals surface area contributed by atoms with Crippen LogP contribution in [0.25, 0.3) is 17.4 Å². The largest absolute Gasteiger partial charge is 0.457 e. The van der Waals surface area contributed by atoms with Crippen molar-refractivity contribution in [1.82, 2.24) is 5.32 Å². The van der Waals surface area contributed by atoms with Gasteiger partial charge in [0.1, 0.15) is 17.1 Å². The third-order valence-corrected chi connectivity index (χ3v) is 5.46. The number of carbonyl (C=O) groups excluding carboxylic acids is 2. The number of furan rings is 1. The molecule has 2 amide bonds. The smallest absolute Gasteiger partial charge is 0.270 e. The molecule has 0 saturated carbocycles. The first-order valence-electron chi connectivity index (χ1n) is 9.58. The van der Waals surface area contributed by atoms with E-state index >= 15 is 0 Å². The monoisotopic (exact) mass is 447 g/mol. The average molecular weight is 447 g/mol. The van der Waals surface area contributed by atoms with E-state index in [0.717, 1.165) is 11.1 Å². The molecule has 0 radical (unpaired) electrons. The van der Waals surface area contributed by atoms with Gasteiger partial charge in [-0.1, -0.05) is 24.3 Å². The van der Waals surface area contributed by atoms with E-state index in [1.54, 1.807) is 30.3 Å². The zero-order valence-electron chi connectivity index (χ0n) is 17.1. The minimum atomic E-state index is -0.630. The van der Waals surface area contributed by atoms with Crippen molar-refractivity contribution in [2.75, 3.05) is 4.90 Å². The second-order valence-electron chi connectivity index (χ2n) is 7.19. The molecule has 8 nitrogen and oxygen atoms in total. The number of thiocarbonyl (C=S) groups is 1. The molecule has 0 atom stereocenters. The number of rotatable bonds is 4. The summed E-state index contributed by atoms with van der Waals surface area (Å²) in [7, 11) is 0. The van der Waals surface area contributed by atoms with Gasteiger partial charge in [-0.2, -0.15) is 0 Å². The van der Waals surface area contributed by atoms with E-state index in [2.05, 4.69) is 5.32 Å². The highest BCUT2D eigenvalue weighted by Gasteiger charge is 2.35. The van der Waals surface area contributed by atoms with Crippen LogP contribution in [0.1, 0.15) is 16.9 Å². The van der Waals surface area contributed by atoms with E-state index in [1.165, 1.54) is 23.1 Å². The van der Waals surface area contributed by atoms with Crippen LogP contribution in [0.3, 0.4) is 0 Å². The summed E-state index contributed by atoms with van der Waals surface area (Å²) in [6, 6.07) is 14.7. The standard InChI is InChI=1S/C23H17N3O5S/c1-13-5-3-8-19(14(13)2)25-22(28)18(21(27)24-23(25)32)12-17-9-10-20(31-17)15-6-4-7-16(11-15)26(29)30/h3-12H,1-2H3,(H,24,27,32)/b18-12+. The first-order valence-corrected chi connectivity index (χ1v) is 9.99. The van der Waals surface area contributed by atoms with Crippen molar-refractivity contribution in [3.05, 3.63) is 87.2 Å². The SMILES string of the molecule is Cc1cccc(N2C(=O)/C(=C/c3ccc(-c4cccc([N+](=O)[O-])c4)o3)C(=O)NC2=S)c1C. The van der Waals surface area contributed by atoms with Gasteiger partial charge in [0, 0.05) is 17.7 Å². The summed E-state index contributed by atoms with van der Waals surface area (Å²) in [5.41, 5.74) is 2.72. The van der Waals surface area contributed by atoms with Crippen molar-refractivity contribution >= 4 is 46.6 Å². The van der Waals surface area contributed by atoms with Crippen LogP contribution in [-0.4, -0.2) is 21.9 Å². The fraction of sp³-hybridized carbons (Fsp3) is 0.0870. The third-order valence-electron chi connectivity index (χ3n) is 5.17. The molecule has 0 bridgehead atoms. The minimum absolute atomic E-state index is 0.00239. The van der Waals surface area contributed by atoms with Gasteiger partial charge in [0.25, 0.3) is 17.5 Å². The summed E-state index contributed by atoms with van der Waals surface area (Å²) >= 11 is 5.25. The topological polar surface area (TPSA) is 106 Å². The van der Waals surface area contributed by atoms with E-state index in [-0.39, 0.29) is 22.1 Å². The second-order valence-corrected chi connectivity index (χ2v) is 7.57. The minimum Gasteiger partial charge on any atom is -0.457 e. The Balaban J connectivity index is 1.69. The van der Waals surface area contributed by atoms with Gasteiger partial charge in [0.15, 0.2) is 5.11 Å². The predicted molar refractivity (Wildman–Crippen MR) is 123 cm³/mol. The number of aryl methyl sites for hydroxylation is 1. The Labute approximate surface area is 188 Å². The molecular formula is C23H17N3O5S. The van der Waals surface area contributed by atoms with Crippen LogP contribution < -0.4 is 10.2 Å². The van der Waals surface area contributed by atoms with Gasteiger partial charge in [-0.15, -0.1) is 0 Å². The van der Waals surface area contributed by atoms with Crippen molar-refractivity contribution in [2.45, 2.75) is 13.8 Å². The van der Waals surface area contributed by atoms with E-state index in [0.29, 0.717) is 17.0 Å². The molecule has 4 rings (SSSR count). The molecule has 32 heavy (non-hydrogen) atoms. The molecule has 1 aliphatic heterocycles. The van der Waals surface area contributed by atoms with Crippen molar-refractivity contribution in [1.29, 1.82) is 0 Å². The van der Waals surface area contributed by atoms with E-state index in [1.807, 2.05) is 26.0 Å². The maximum Gasteiger partial charge on any atom is 0.270 e. The Kier molecular flexibility index (Phi) is 5.41. The molecule has 0 spiro atoms. The highest BCUT2D eigenvalue weighted by Crippen LogP contribution is 2.29. The van der Waals surface area contributed by atoms with Gasteiger partial charge < -0.3 is 4.42 Å². The summed E-state index contributed by atoms with van der Waals surface area (Å²) in [4.78, 5) is 37.5. The summed E-state index contributed by atoms with van der Waals surface area (Å²) in [6.45, 7) is 3.79. The molecule has 3 aromatic rings. The fourth-order valence-electron chi connectivity index (χ4n) is 3.35. The van der Waals surface area contributed by atoms with Gasteiger partial charge in [-0.05, 0) is 61.5 Å². The van der Waals surface area contributed by atoms with Crippen LogP contribution in [0.15, 0.2) is 64.6 Å². The van der Waals surface area contributed by atoms with Gasteiger partial charge in [-0.25, -0.2) is 0 Å². The van der Waals surface area contributed by atoms with Crippen molar-refractivity contribution in [3.8, 4) is 11.3 Å². The molecule has 9 heteroatoms. The van der Waals surface area contributed by atoms with Crippen LogP contribution in [0.2, 0.25) is 0 Å². The average Bonchev–Trinajstić information content (AvgIpc) is 3.23. The molecule has 160 valence electrons. The lowest BCUT2D eigenvalue weighted by atomic mass is 10.0. The van der Waals surface area contributed by atoms with Gasteiger partial charge in [0.05, 0.1) is 10.6 Å². The summed E-state index contributed by atoms with van der Waals surface area (Å²) in [5.74, 6) is -0.583. The first kappa shape index (κ1) is 21.1. The number of hydrogen-bond acceptors (Lipinski definition) is 6. The number of carbonyl (C=O) groups is 2. The van der Waals surface area contributed by atoms with Crippen molar-refractivity contribution in [3.63, 3.8) is 0 Å². The van der Waals surface area contributed by atoms with Crippen LogP contribution in [0.4, 0.5) is 11.4 Å². The highest BCUT2D eigenvalue weighted by molar-refractivity contribution is 7.80. The number of nitro groups is 1. The number of nitrogens with zero attached hydrogens (tertiary/aromatic N) is 2. The Hall–Kier alpha value is -4.11. The van der Waals surface area contributed by atoms with Crippen molar-refractivity contribution < 1.29 is 18.9 Å². The van der Waals surface area contributed by atoms with E-state index in [4.69, 9.17) is 16.6 Å². The molecule has 2 aromatic carbocycles. The molecular weight excluding hydrogens is 430 g/mol. The fourth-order valence-corrected chi connectivity index (χ4v) is 3.63. The predicted octanol–water partition coefficient (Wildman–Crippen LogP) is 4.30.